The third kappa shape index (κ3) is 2.74. The second-order valence-corrected chi connectivity index (χ2v) is 3.79. The normalized spacial score (nSPS) is 10.0. The third-order valence-corrected chi connectivity index (χ3v) is 2.68. The summed E-state index contributed by atoms with van der Waals surface area (Å²) in [5, 5.41) is 0. The van der Waals surface area contributed by atoms with Crippen LogP contribution in [0.25, 0.3) is 11.1 Å². The molecule has 2 aromatic rings. The molecule has 98 valence electrons. The number of carbonyl (C=O) groups excluding carboxylic acids is 1. The van der Waals surface area contributed by atoms with Gasteiger partial charge in [0, 0.05) is 5.56 Å². The minimum Gasteiger partial charge on any atom is -0.495 e. The zero-order valence-corrected chi connectivity index (χ0v) is 10.8. The van der Waals surface area contributed by atoms with E-state index in [1.54, 1.807) is 12.1 Å². The molecular weight excluding hydrogens is 244 g/mol. The molecule has 0 saturated carbocycles. The van der Waals surface area contributed by atoms with Gasteiger partial charge >= 0.3 is 5.97 Å². The molecule has 2 rings (SSSR count). The van der Waals surface area contributed by atoms with E-state index >= 15 is 0 Å². The van der Waals surface area contributed by atoms with Crippen molar-refractivity contribution in [2.24, 2.45) is 0 Å². The number of hydrogen-bond acceptors (Lipinski definition) is 4. The zero-order valence-electron chi connectivity index (χ0n) is 10.8. The van der Waals surface area contributed by atoms with Gasteiger partial charge in [-0.1, -0.05) is 42.5 Å². The van der Waals surface area contributed by atoms with Gasteiger partial charge in [0.1, 0.15) is 11.3 Å². The van der Waals surface area contributed by atoms with Crippen molar-refractivity contribution in [3.63, 3.8) is 0 Å². The van der Waals surface area contributed by atoms with Crippen molar-refractivity contribution >= 4 is 5.97 Å². The topological polar surface area (TPSA) is 44.8 Å². The summed E-state index contributed by atoms with van der Waals surface area (Å²) >= 11 is 0. The summed E-state index contributed by atoms with van der Waals surface area (Å²) in [6.07, 6.45) is 0. The first kappa shape index (κ1) is 13.1. The van der Waals surface area contributed by atoms with E-state index in [9.17, 15) is 4.79 Å². The van der Waals surface area contributed by atoms with E-state index in [0.717, 1.165) is 11.1 Å². The Bertz CT molecular complexity index is 564. The van der Waals surface area contributed by atoms with Crippen molar-refractivity contribution in [3.05, 3.63) is 54.1 Å². The molecule has 4 heteroatoms. The molecule has 0 aliphatic heterocycles. The summed E-state index contributed by atoms with van der Waals surface area (Å²) in [6.45, 7) is 0. The minimum absolute atomic E-state index is 0.325. The van der Waals surface area contributed by atoms with E-state index in [1.165, 1.54) is 14.2 Å². The van der Waals surface area contributed by atoms with Crippen LogP contribution in [0.5, 0.6) is 5.75 Å². The number of ether oxygens (including phenoxy) is 1. The quantitative estimate of drug-likeness (QED) is 0.624. The van der Waals surface area contributed by atoms with Crippen molar-refractivity contribution in [2.75, 3.05) is 14.2 Å². The molecule has 0 radical (unpaired) electrons. The van der Waals surface area contributed by atoms with Gasteiger partial charge in [0.25, 0.3) is 0 Å². The highest BCUT2D eigenvalue weighted by molar-refractivity contribution is 5.95. The van der Waals surface area contributed by atoms with Gasteiger partial charge in [-0.15, -0.1) is 0 Å². The molecule has 0 spiro atoms. The lowest BCUT2D eigenvalue weighted by atomic mass is 10.0. The highest BCUT2D eigenvalue weighted by Gasteiger charge is 2.18. The fourth-order valence-electron chi connectivity index (χ4n) is 1.88. The van der Waals surface area contributed by atoms with Crippen LogP contribution in [0, 0.1) is 0 Å². The lowest BCUT2D eigenvalue weighted by Crippen LogP contribution is -2.07. The van der Waals surface area contributed by atoms with Crippen molar-refractivity contribution in [3.8, 4) is 16.9 Å². The van der Waals surface area contributed by atoms with E-state index in [-0.39, 0.29) is 0 Å². The monoisotopic (exact) mass is 258 g/mol. The van der Waals surface area contributed by atoms with Gasteiger partial charge in [0.2, 0.25) is 0 Å². The SMILES string of the molecule is COOC(=O)c1cccc(-c2ccccc2)c1OC. The van der Waals surface area contributed by atoms with Crippen LogP contribution in [0.4, 0.5) is 0 Å². The number of methoxy groups -OCH3 is 1. The van der Waals surface area contributed by atoms with E-state index in [4.69, 9.17) is 4.74 Å². The van der Waals surface area contributed by atoms with Crippen LogP contribution in [0.3, 0.4) is 0 Å². The van der Waals surface area contributed by atoms with E-state index in [0.29, 0.717) is 11.3 Å². The fraction of sp³-hybridized carbons (Fsp3) is 0.133. The van der Waals surface area contributed by atoms with Crippen LogP contribution in [0.1, 0.15) is 10.4 Å². The Balaban J connectivity index is 2.51. The lowest BCUT2D eigenvalue weighted by Gasteiger charge is -2.12. The molecule has 0 atom stereocenters. The second kappa shape index (κ2) is 6.02. The highest BCUT2D eigenvalue weighted by Crippen LogP contribution is 2.33. The molecule has 2 aromatic carbocycles. The molecule has 0 aliphatic rings. The van der Waals surface area contributed by atoms with Gasteiger partial charge in [0.15, 0.2) is 0 Å². The first-order valence-electron chi connectivity index (χ1n) is 5.75. The van der Waals surface area contributed by atoms with Crippen LogP contribution < -0.4 is 4.74 Å². The van der Waals surface area contributed by atoms with Crippen molar-refractivity contribution in [1.29, 1.82) is 0 Å². The fourth-order valence-corrected chi connectivity index (χ4v) is 1.88. The Hall–Kier alpha value is -2.33. The molecule has 0 bridgehead atoms. The Labute approximate surface area is 111 Å². The third-order valence-electron chi connectivity index (χ3n) is 2.68. The summed E-state index contributed by atoms with van der Waals surface area (Å²) in [5.41, 5.74) is 2.12. The summed E-state index contributed by atoms with van der Waals surface area (Å²) < 4.78 is 5.34. The minimum atomic E-state index is -0.586. The highest BCUT2D eigenvalue weighted by atomic mass is 17.2. The second-order valence-electron chi connectivity index (χ2n) is 3.79. The molecule has 0 amide bonds. The molecule has 0 unspecified atom stereocenters. The van der Waals surface area contributed by atoms with Crippen molar-refractivity contribution < 1.29 is 19.3 Å². The molecule has 19 heavy (non-hydrogen) atoms. The Kier molecular flexibility index (Phi) is 4.15. The van der Waals surface area contributed by atoms with E-state index in [1.807, 2.05) is 36.4 Å². The van der Waals surface area contributed by atoms with Gasteiger partial charge in [-0.25, -0.2) is 4.79 Å². The molecule has 0 aliphatic carbocycles. The molecular formula is C15H14O4. The number of carbonyl (C=O) groups is 1. The summed E-state index contributed by atoms with van der Waals surface area (Å²) in [5.74, 6) is -0.118. The Morgan fingerprint density at radius 1 is 0.947 bits per heavy atom. The van der Waals surface area contributed by atoms with Crippen molar-refractivity contribution in [2.45, 2.75) is 0 Å². The van der Waals surface area contributed by atoms with Gasteiger partial charge in [-0.3, -0.25) is 4.89 Å². The van der Waals surface area contributed by atoms with Crippen LogP contribution in [0.2, 0.25) is 0 Å². The van der Waals surface area contributed by atoms with Crippen LogP contribution in [0.15, 0.2) is 48.5 Å². The maximum absolute atomic E-state index is 11.8. The number of hydrogen-bond donors (Lipinski definition) is 0. The summed E-state index contributed by atoms with van der Waals surface area (Å²) in [4.78, 5) is 20.7. The molecule has 0 fully saturated rings. The molecule has 0 aromatic heterocycles. The predicted molar refractivity (Wildman–Crippen MR) is 70.9 cm³/mol. The van der Waals surface area contributed by atoms with E-state index < -0.39 is 5.97 Å². The Morgan fingerprint density at radius 3 is 2.32 bits per heavy atom. The molecule has 4 nitrogen and oxygen atoms in total. The average molecular weight is 258 g/mol. The standard InChI is InChI=1S/C15H14O4/c1-17-14-12(11-7-4-3-5-8-11)9-6-10-13(14)15(16)19-18-2/h3-10H,1-2H3. The van der Waals surface area contributed by atoms with E-state index in [2.05, 4.69) is 9.78 Å². The molecule has 0 heterocycles. The number of benzene rings is 2. The lowest BCUT2D eigenvalue weighted by molar-refractivity contribution is -0.216. The summed E-state index contributed by atoms with van der Waals surface area (Å²) in [7, 11) is 2.80. The van der Waals surface area contributed by atoms with Gasteiger partial charge in [0.05, 0.1) is 14.2 Å². The molecule has 0 saturated heterocycles. The molecule has 0 N–H and O–H groups in total. The predicted octanol–water partition coefficient (Wildman–Crippen LogP) is 3.08. The first-order chi connectivity index (χ1) is 9.27. The largest absolute Gasteiger partial charge is 0.495 e. The van der Waals surface area contributed by atoms with Crippen LogP contribution >= 0.6 is 0 Å². The van der Waals surface area contributed by atoms with Crippen LogP contribution in [-0.4, -0.2) is 20.2 Å². The smallest absolute Gasteiger partial charge is 0.376 e. The van der Waals surface area contributed by atoms with Crippen molar-refractivity contribution in [1.82, 2.24) is 0 Å². The number of para-hydroxylation sites is 1. The van der Waals surface area contributed by atoms with Gasteiger partial charge < -0.3 is 4.74 Å². The maximum Gasteiger partial charge on any atom is 0.376 e. The van der Waals surface area contributed by atoms with Crippen LogP contribution in [-0.2, 0) is 9.78 Å². The maximum atomic E-state index is 11.8. The first-order valence-corrected chi connectivity index (χ1v) is 5.75. The zero-order chi connectivity index (χ0) is 13.7. The summed E-state index contributed by atoms with van der Waals surface area (Å²) in [6, 6.07) is 15.0. The average Bonchev–Trinajstić information content (AvgIpc) is 2.47. The number of rotatable bonds is 4. The van der Waals surface area contributed by atoms with Gasteiger partial charge in [-0.05, 0) is 11.6 Å². The Morgan fingerprint density at radius 2 is 1.68 bits per heavy atom. The van der Waals surface area contributed by atoms with Gasteiger partial charge in [-0.2, -0.15) is 4.89 Å².